The molecule has 10 aromatic rings. The van der Waals surface area contributed by atoms with Gasteiger partial charge in [0.25, 0.3) is 0 Å². The molecule has 0 aromatic heterocycles. The zero-order chi connectivity index (χ0) is 97.3. The van der Waals surface area contributed by atoms with Crippen molar-refractivity contribution in [2.75, 3.05) is 13.1 Å². The van der Waals surface area contributed by atoms with Crippen LogP contribution in [0.2, 0.25) is 0 Å². The van der Waals surface area contributed by atoms with Crippen molar-refractivity contribution in [3.63, 3.8) is 0 Å². The molecule has 6 unspecified atom stereocenters. The molecular formula is C101H85F10N15O6S5. The number of amides is 5. The van der Waals surface area contributed by atoms with E-state index in [9.17, 15) is 83.7 Å². The molecule has 5 amide bonds. The van der Waals surface area contributed by atoms with E-state index < -0.39 is 88.6 Å². The summed E-state index contributed by atoms with van der Waals surface area (Å²) in [6.45, 7) is 7.83. The van der Waals surface area contributed by atoms with Crippen LogP contribution in [0.3, 0.4) is 0 Å². The number of ether oxygens (including phenoxy) is 1. The average molecular weight is 1960 g/mol. The van der Waals surface area contributed by atoms with Crippen molar-refractivity contribution >= 4 is 114 Å². The van der Waals surface area contributed by atoms with E-state index in [1.54, 1.807) is 0 Å². The summed E-state index contributed by atoms with van der Waals surface area (Å²) in [5.74, 6) is -7.23. The number of nitriles is 3. The van der Waals surface area contributed by atoms with Crippen molar-refractivity contribution in [2.45, 2.75) is 136 Å². The third-order valence-electron chi connectivity index (χ3n) is 25.3. The van der Waals surface area contributed by atoms with Gasteiger partial charge in [0.2, 0.25) is 29.5 Å². The highest BCUT2D eigenvalue weighted by atomic mass is 32.2. The van der Waals surface area contributed by atoms with Gasteiger partial charge in [-0.05, 0) is 200 Å². The monoisotopic (exact) mass is 1950 g/mol. The molecular weight excluding hydrogens is 1870 g/mol. The third-order valence-corrected chi connectivity index (χ3v) is 32.9. The van der Waals surface area contributed by atoms with E-state index in [4.69, 9.17) is 16.2 Å². The highest BCUT2D eigenvalue weighted by Gasteiger charge is 2.63. The highest BCUT2D eigenvalue weighted by molar-refractivity contribution is 8.16. The van der Waals surface area contributed by atoms with Gasteiger partial charge in [-0.1, -0.05) is 174 Å². The van der Waals surface area contributed by atoms with E-state index in [1.165, 1.54) is 118 Å². The SMILES string of the molecule is CC(=O)N1N=C(c2cc(F)ccc2F)SC12c1ccccc1CC2CC#N.CC(=O)N1N=C(c2cc(F)ccc2F)SC12c1ccccc1CC2CCN.CC(=O)N1N=C(c2cc(F)ccc2F)SC12c1ccccc1OC2CCN.CC(=O)N1N=C(c2cc(F)ccc2F)S[C@]12c1ccccc1CC[C@@H]2CC#N.CC(=O)N1N=C(c2cc(F)ccc2F)S[C@]12c1ccccc1CC[C@H]2CC#N. The summed E-state index contributed by atoms with van der Waals surface area (Å²) in [5, 5.41) is 58.2. The molecule has 4 aliphatic carbocycles. The average Bonchev–Trinajstić information content (AvgIpc) is 1.49. The van der Waals surface area contributed by atoms with Crippen LogP contribution in [-0.4, -0.2) is 99.0 Å². The van der Waals surface area contributed by atoms with E-state index in [0.717, 1.165) is 160 Å². The van der Waals surface area contributed by atoms with Crippen LogP contribution in [0.1, 0.15) is 157 Å². The maximum Gasteiger partial charge on any atom is 0.241 e. The number of hydrogen-bond donors (Lipinski definition) is 2. The smallest absolute Gasteiger partial charge is 0.241 e. The van der Waals surface area contributed by atoms with E-state index >= 15 is 0 Å². The van der Waals surface area contributed by atoms with Crippen LogP contribution >= 0.6 is 58.8 Å². The lowest BCUT2D eigenvalue weighted by atomic mass is 9.77. The number of benzene rings is 10. The zero-order valence-corrected chi connectivity index (χ0v) is 78.1. The van der Waals surface area contributed by atoms with Gasteiger partial charge in [-0.3, -0.25) is 24.0 Å². The maximum atomic E-state index is 14.4. The molecule has 0 saturated carbocycles. The fourth-order valence-corrected chi connectivity index (χ4v) is 27.5. The van der Waals surface area contributed by atoms with Crippen molar-refractivity contribution in [2.24, 2.45) is 60.6 Å². The van der Waals surface area contributed by atoms with Gasteiger partial charge in [0.1, 0.15) is 115 Å². The van der Waals surface area contributed by atoms with Crippen molar-refractivity contribution in [1.82, 2.24) is 25.0 Å². The number of rotatable bonds is 12. The Kier molecular flexibility index (Phi) is 28.4. The summed E-state index contributed by atoms with van der Waals surface area (Å²) in [7, 11) is 0. The number of hydrogen-bond acceptors (Lipinski definition) is 21. The van der Waals surface area contributed by atoms with E-state index in [1.807, 2.05) is 121 Å². The number of hydrazone groups is 5. The molecule has 6 heterocycles. The Morgan fingerprint density at radius 2 is 0.599 bits per heavy atom. The number of halogens is 10. The number of nitrogens with two attached hydrogens (primary N) is 2. The van der Waals surface area contributed by atoms with Crippen LogP contribution in [0.25, 0.3) is 0 Å². The van der Waals surface area contributed by atoms with Crippen LogP contribution in [-0.2, 0) is 74.0 Å². The molecule has 10 aliphatic rings. The minimum absolute atomic E-state index is 0.0130. The van der Waals surface area contributed by atoms with Gasteiger partial charge in [-0.2, -0.15) is 41.3 Å². The topological polar surface area (TPSA) is 296 Å². The fourth-order valence-electron chi connectivity index (χ4n) is 19.5. The number of nitrogens with zero attached hydrogens (tertiary/aromatic N) is 13. The molecule has 0 bridgehead atoms. The summed E-state index contributed by atoms with van der Waals surface area (Å²) in [6, 6.07) is 61.0. The summed E-state index contributed by atoms with van der Waals surface area (Å²) in [6.07, 6.45) is 5.77. The molecule has 0 fully saturated rings. The van der Waals surface area contributed by atoms with Gasteiger partial charge in [-0.25, -0.2) is 68.9 Å². The Labute approximate surface area is 803 Å². The Bertz CT molecular complexity index is 6520. The third kappa shape index (κ3) is 17.7. The Hall–Kier alpha value is -12.9. The normalized spacial score (nSPS) is 23.4. The molecule has 21 nitrogen and oxygen atoms in total. The quantitative estimate of drug-likeness (QED) is 0.107. The van der Waals surface area contributed by atoms with E-state index in [0.29, 0.717) is 56.0 Å². The first-order valence-corrected chi connectivity index (χ1v) is 47.7. The molecule has 10 atom stereocenters. The lowest BCUT2D eigenvalue weighted by Gasteiger charge is -2.45. The lowest BCUT2D eigenvalue weighted by Crippen LogP contribution is -2.48. The number of carbonyl (C=O) groups excluding carboxylic acids is 5. The van der Waals surface area contributed by atoms with Crippen molar-refractivity contribution in [3.05, 3.63) is 348 Å². The zero-order valence-electron chi connectivity index (χ0n) is 74.0. The number of thioether (sulfide) groups is 5. The molecule has 20 rings (SSSR count). The van der Waals surface area contributed by atoms with Crippen molar-refractivity contribution in [1.29, 1.82) is 15.8 Å². The van der Waals surface area contributed by atoms with Gasteiger partial charge in [-0.15, -0.1) is 0 Å². The molecule has 4 N–H and O–H groups in total. The molecule has 5 spiro atoms. The standard InChI is InChI=1S/2C21H17F2N3OS.C20H19F2N3OS.C20H15F2N3OS.C19H17F2N3O2S/c2*1-13(27)26-21(28-20(25-26)17-12-16(22)8-9-19(17)23)15(10-11-24)7-6-14-4-2-3-5-18(14)21;2*1-12(26)25-20(14(8-9-23)10-13-4-2-3-5-17(13)20)27-19(24-25)16-11-15(21)6-7-18(16)22;1-11(25)24-19(14-4-2-3-5-16(14)26-17(19)8-9-22)27-18(23-24)13-10-12(20)6-7-15(13)21/h2*2-5,8-9,12,15H,6-7,10H2,1H3;2-7,11,14H,8-10,23H2,1H3;2-7,11,14H,8,10H2,1H3;2-7,10,17H,8-9,22H2,1H3/t15-,21+;15-,21-;;;/m01.../s1. The Morgan fingerprint density at radius 1 is 0.343 bits per heavy atom. The number of aryl methyl sites for hydroxylation is 2. The van der Waals surface area contributed by atoms with Gasteiger partial charge in [0, 0.05) is 117 Å². The van der Waals surface area contributed by atoms with Crippen LogP contribution < -0.4 is 16.2 Å². The van der Waals surface area contributed by atoms with Gasteiger partial charge < -0.3 is 16.2 Å². The minimum Gasteiger partial charge on any atom is -0.486 e. The van der Waals surface area contributed by atoms with Crippen LogP contribution in [0.5, 0.6) is 5.75 Å². The summed E-state index contributed by atoms with van der Waals surface area (Å²) in [4.78, 5) is 57.9. The molecule has 10 aromatic carbocycles. The first kappa shape index (κ1) is 97.2. The Balaban J connectivity index is 0.000000124. The van der Waals surface area contributed by atoms with Gasteiger partial charge in [0.15, 0.2) is 4.87 Å². The lowest BCUT2D eigenvalue weighted by molar-refractivity contribution is -0.134. The largest absolute Gasteiger partial charge is 0.486 e. The van der Waals surface area contributed by atoms with E-state index in [2.05, 4.69) is 43.7 Å². The van der Waals surface area contributed by atoms with Gasteiger partial charge >= 0.3 is 0 Å². The molecule has 700 valence electrons. The molecule has 0 radical (unpaired) electrons. The number of fused-ring (bicyclic) bond motifs is 10. The number of carbonyl (C=O) groups is 5. The first-order valence-electron chi connectivity index (χ1n) is 43.7. The van der Waals surface area contributed by atoms with E-state index in [-0.39, 0.29) is 120 Å². The maximum absolute atomic E-state index is 14.4. The second-order valence-corrected chi connectivity index (χ2v) is 39.6. The predicted molar refractivity (Wildman–Crippen MR) is 506 cm³/mol. The summed E-state index contributed by atoms with van der Waals surface area (Å²) < 4.78 is 147. The Morgan fingerprint density at radius 3 is 0.912 bits per heavy atom. The second-order valence-electron chi connectivity index (χ2n) is 33.5. The molecule has 137 heavy (non-hydrogen) atoms. The van der Waals surface area contributed by atoms with Gasteiger partial charge in [0.05, 0.1) is 18.2 Å². The fraction of sp³-hybridized carbons (Fsp3) is 0.277. The predicted octanol–water partition coefficient (Wildman–Crippen LogP) is 20.0. The van der Waals surface area contributed by atoms with Crippen LogP contribution in [0, 0.1) is 116 Å². The summed E-state index contributed by atoms with van der Waals surface area (Å²) in [5.41, 5.74) is 20.5. The van der Waals surface area contributed by atoms with Crippen molar-refractivity contribution in [3.8, 4) is 24.0 Å². The molecule has 6 aliphatic heterocycles. The first-order chi connectivity index (χ1) is 65.8. The number of para-hydroxylation sites is 1. The highest BCUT2D eigenvalue weighted by Crippen LogP contribution is 2.64. The van der Waals surface area contributed by atoms with Crippen LogP contribution in [0.15, 0.2) is 238 Å². The molecule has 0 saturated heterocycles. The molecule has 36 heteroatoms. The van der Waals surface area contributed by atoms with Crippen LogP contribution in [0.4, 0.5) is 43.9 Å². The minimum atomic E-state index is -1.00. The summed E-state index contributed by atoms with van der Waals surface area (Å²) >= 11 is 6.20. The van der Waals surface area contributed by atoms with Crippen molar-refractivity contribution < 1.29 is 72.6 Å². The second kappa shape index (κ2) is 40.1.